The summed E-state index contributed by atoms with van der Waals surface area (Å²) in [6, 6.07) is 0. The number of aliphatic hydroxyl groups excluding tert-OH is 1. The SMILES string of the molecule is CCCCC(C)CCCCCCCCCO. The lowest BCUT2D eigenvalue weighted by atomic mass is 9.97. The van der Waals surface area contributed by atoms with Crippen molar-refractivity contribution in [3.8, 4) is 0 Å². The van der Waals surface area contributed by atoms with Crippen LogP contribution in [0.2, 0.25) is 0 Å². The molecule has 0 aliphatic carbocycles. The minimum Gasteiger partial charge on any atom is -0.396 e. The van der Waals surface area contributed by atoms with Crippen LogP contribution in [-0.4, -0.2) is 11.7 Å². The maximum Gasteiger partial charge on any atom is 0.0431 e. The van der Waals surface area contributed by atoms with Crippen molar-refractivity contribution in [2.75, 3.05) is 6.61 Å². The van der Waals surface area contributed by atoms with E-state index in [0.29, 0.717) is 6.61 Å². The van der Waals surface area contributed by atoms with E-state index in [0.717, 1.165) is 12.3 Å². The molecule has 1 unspecified atom stereocenters. The first-order valence-electron chi connectivity index (χ1n) is 7.42. The molecule has 0 amide bonds. The van der Waals surface area contributed by atoms with Gasteiger partial charge in [-0.05, 0) is 12.3 Å². The van der Waals surface area contributed by atoms with Crippen molar-refractivity contribution in [1.29, 1.82) is 0 Å². The molecule has 0 aliphatic heterocycles. The zero-order chi connectivity index (χ0) is 12.1. The topological polar surface area (TPSA) is 20.2 Å². The lowest BCUT2D eigenvalue weighted by Gasteiger charge is -2.09. The summed E-state index contributed by atoms with van der Waals surface area (Å²) in [6.07, 6.45) is 14.7. The zero-order valence-corrected chi connectivity index (χ0v) is 11.5. The minimum atomic E-state index is 0.370. The Kier molecular flexibility index (Phi) is 13.0. The average Bonchev–Trinajstić information content (AvgIpc) is 2.30. The maximum atomic E-state index is 8.64. The first-order valence-corrected chi connectivity index (χ1v) is 7.42. The Morgan fingerprint density at radius 2 is 1.25 bits per heavy atom. The van der Waals surface area contributed by atoms with Gasteiger partial charge in [0.1, 0.15) is 0 Å². The van der Waals surface area contributed by atoms with Gasteiger partial charge in [0.25, 0.3) is 0 Å². The third-order valence-corrected chi connectivity index (χ3v) is 3.41. The van der Waals surface area contributed by atoms with Crippen LogP contribution in [0, 0.1) is 5.92 Å². The predicted molar refractivity (Wildman–Crippen MR) is 72.7 cm³/mol. The first kappa shape index (κ1) is 16.0. The molecular formula is C15H32O. The number of rotatable bonds is 12. The molecule has 0 radical (unpaired) electrons. The van der Waals surface area contributed by atoms with Crippen molar-refractivity contribution in [1.82, 2.24) is 0 Å². The minimum absolute atomic E-state index is 0.370. The summed E-state index contributed by atoms with van der Waals surface area (Å²) in [7, 11) is 0. The Hall–Kier alpha value is -0.0400. The molecule has 0 fully saturated rings. The largest absolute Gasteiger partial charge is 0.396 e. The monoisotopic (exact) mass is 228 g/mol. The smallest absolute Gasteiger partial charge is 0.0431 e. The van der Waals surface area contributed by atoms with Gasteiger partial charge in [-0.15, -0.1) is 0 Å². The quantitative estimate of drug-likeness (QED) is 0.470. The van der Waals surface area contributed by atoms with Crippen LogP contribution in [0.1, 0.15) is 84.5 Å². The maximum absolute atomic E-state index is 8.64. The van der Waals surface area contributed by atoms with Gasteiger partial charge >= 0.3 is 0 Å². The van der Waals surface area contributed by atoms with Gasteiger partial charge in [-0.25, -0.2) is 0 Å². The van der Waals surface area contributed by atoms with E-state index in [4.69, 9.17) is 5.11 Å². The van der Waals surface area contributed by atoms with Gasteiger partial charge in [0.2, 0.25) is 0 Å². The molecule has 0 saturated carbocycles. The summed E-state index contributed by atoms with van der Waals surface area (Å²) >= 11 is 0. The Labute approximate surface area is 103 Å². The summed E-state index contributed by atoms with van der Waals surface area (Å²) in [6.45, 7) is 5.05. The van der Waals surface area contributed by atoms with E-state index >= 15 is 0 Å². The van der Waals surface area contributed by atoms with E-state index in [1.165, 1.54) is 64.2 Å². The van der Waals surface area contributed by atoms with Gasteiger partial charge in [-0.1, -0.05) is 78.1 Å². The molecule has 0 aromatic heterocycles. The van der Waals surface area contributed by atoms with Gasteiger partial charge in [0.05, 0.1) is 0 Å². The lowest BCUT2D eigenvalue weighted by molar-refractivity contribution is 0.282. The van der Waals surface area contributed by atoms with Crippen LogP contribution in [0.25, 0.3) is 0 Å². The molecule has 0 rings (SSSR count). The van der Waals surface area contributed by atoms with E-state index < -0.39 is 0 Å². The molecule has 0 bridgehead atoms. The Morgan fingerprint density at radius 3 is 1.81 bits per heavy atom. The van der Waals surface area contributed by atoms with Crippen LogP contribution in [-0.2, 0) is 0 Å². The molecule has 0 aliphatic rings. The van der Waals surface area contributed by atoms with Crippen LogP contribution >= 0.6 is 0 Å². The van der Waals surface area contributed by atoms with E-state index in [1.54, 1.807) is 0 Å². The Bertz CT molecular complexity index is 123. The van der Waals surface area contributed by atoms with Gasteiger partial charge in [-0.2, -0.15) is 0 Å². The van der Waals surface area contributed by atoms with Crippen LogP contribution in [0.3, 0.4) is 0 Å². The normalized spacial score (nSPS) is 12.9. The van der Waals surface area contributed by atoms with E-state index in [1.807, 2.05) is 0 Å². The van der Waals surface area contributed by atoms with Crippen LogP contribution in [0.4, 0.5) is 0 Å². The molecule has 1 atom stereocenters. The van der Waals surface area contributed by atoms with Crippen molar-refractivity contribution < 1.29 is 5.11 Å². The van der Waals surface area contributed by atoms with Crippen molar-refractivity contribution in [2.24, 2.45) is 5.92 Å². The summed E-state index contributed by atoms with van der Waals surface area (Å²) in [5.41, 5.74) is 0. The molecule has 98 valence electrons. The summed E-state index contributed by atoms with van der Waals surface area (Å²) in [5, 5.41) is 8.64. The predicted octanol–water partition coefficient (Wildman–Crippen LogP) is 4.93. The van der Waals surface area contributed by atoms with Crippen LogP contribution in [0.5, 0.6) is 0 Å². The number of aliphatic hydroxyl groups is 1. The third-order valence-electron chi connectivity index (χ3n) is 3.41. The van der Waals surface area contributed by atoms with Crippen molar-refractivity contribution in [2.45, 2.75) is 84.5 Å². The van der Waals surface area contributed by atoms with Crippen LogP contribution < -0.4 is 0 Å². The van der Waals surface area contributed by atoms with Crippen molar-refractivity contribution in [3.63, 3.8) is 0 Å². The van der Waals surface area contributed by atoms with Gasteiger partial charge in [-0.3, -0.25) is 0 Å². The molecular weight excluding hydrogens is 196 g/mol. The van der Waals surface area contributed by atoms with Crippen molar-refractivity contribution >= 4 is 0 Å². The second-order valence-corrected chi connectivity index (χ2v) is 5.23. The van der Waals surface area contributed by atoms with E-state index in [9.17, 15) is 0 Å². The number of hydrogen-bond acceptors (Lipinski definition) is 1. The second-order valence-electron chi connectivity index (χ2n) is 5.23. The molecule has 0 aromatic carbocycles. The highest BCUT2D eigenvalue weighted by Crippen LogP contribution is 2.16. The highest BCUT2D eigenvalue weighted by molar-refractivity contribution is 4.54. The molecule has 0 aromatic rings. The van der Waals surface area contributed by atoms with Crippen molar-refractivity contribution in [3.05, 3.63) is 0 Å². The molecule has 1 N–H and O–H groups in total. The molecule has 0 saturated heterocycles. The highest BCUT2D eigenvalue weighted by atomic mass is 16.2. The van der Waals surface area contributed by atoms with Gasteiger partial charge in [0, 0.05) is 6.61 Å². The number of unbranched alkanes of at least 4 members (excludes halogenated alkanes) is 7. The van der Waals surface area contributed by atoms with Gasteiger partial charge in [0.15, 0.2) is 0 Å². The Balaban J connectivity index is 3.02. The molecule has 0 heterocycles. The fourth-order valence-corrected chi connectivity index (χ4v) is 2.19. The first-order chi connectivity index (χ1) is 7.81. The molecule has 1 heteroatoms. The highest BCUT2D eigenvalue weighted by Gasteiger charge is 2.00. The summed E-state index contributed by atoms with van der Waals surface area (Å²) in [5.74, 6) is 0.939. The molecule has 1 nitrogen and oxygen atoms in total. The van der Waals surface area contributed by atoms with Gasteiger partial charge < -0.3 is 5.11 Å². The fraction of sp³-hybridized carbons (Fsp3) is 1.00. The molecule has 16 heavy (non-hydrogen) atoms. The molecule has 0 spiro atoms. The average molecular weight is 228 g/mol. The van der Waals surface area contributed by atoms with Crippen LogP contribution in [0.15, 0.2) is 0 Å². The summed E-state index contributed by atoms with van der Waals surface area (Å²) in [4.78, 5) is 0. The lowest BCUT2D eigenvalue weighted by Crippen LogP contribution is -1.94. The zero-order valence-electron chi connectivity index (χ0n) is 11.5. The summed E-state index contributed by atoms with van der Waals surface area (Å²) < 4.78 is 0. The fourth-order valence-electron chi connectivity index (χ4n) is 2.19. The third kappa shape index (κ3) is 12.0. The standard InChI is InChI=1S/C15H32O/c1-3-4-12-15(2)13-10-8-6-5-7-9-11-14-16/h15-16H,3-14H2,1-2H3. The number of hydrogen-bond donors (Lipinski definition) is 1. The second kappa shape index (κ2) is 13.0. The van der Waals surface area contributed by atoms with E-state index in [-0.39, 0.29) is 0 Å². The van der Waals surface area contributed by atoms with E-state index in [2.05, 4.69) is 13.8 Å². The Morgan fingerprint density at radius 1 is 0.750 bits per heavy atom.